The molecule has 0 bridgehead atoms. The highest BCUT2D eigenvalue weighted by Crippen LogP contribution is 2.25. The van der Waals surface area contributed by atoms with Crippen molar-refractivity contribution in [1.82, 2.24) is 5.16 Å². The van der Waals surface area contributed by atoms with E-state index in [0.29, 0.717) is 11.6 Å². The normalized spacial score (nSPS) is 11.7. The Morgan fingerprint density at radius 1 is 1.58 bits per heavy atom. The minimum Gasteiger partial charge on any atom is -0.479 e. The van der Waals surface area contributed by atoms with E-state index in [1.807, 2.05) is 0 Å². The monoisotopic (exact) mass is 172 g/mol. The van der Waals surface area contributed by atoms with Crippen LogP contribution in [0.4, 0.5) is 0 Å². The minimum atomic E-state index is -0.677. The van der Waals surface area contributed by atoms with Gasteiger partial charge in [0.05, 0.1) is 7.11 Å². The second kappa shape index (κ2) is 3.12. The quantitative estimate of drug-likeness (QED) is 0.683. The van der Waals surface area contributed by atoms with Gasteiger partial charge in [-0.3, -0.25) is 4.84 Å². The molecule has 2 N–H and O–H groups in total. The van der Waals surface area contributed by atoms with Gasteiger partial charge in [-0.15, -0.1) is 0 Å². The fourth-order valence-electron chi connectivity index (χ4n) is 0.697. The molecule has 5 nitrogen and oxygen atoms in total. The number of methoxy groups -OCH3 is 1. The van der Waals surface area contributed by atoms with Gasteiger partial charge in [-0.2, -0.15) is 0 Å². The van der Waals surface area contributed by atoms with Crippen LogP contribution in [0.2, 0.25) is 0 Å². The summed E-state index contributed by atoms with van der Waals surface area (Å²) in [5, 5.41) is 3.62. The number of ether oxygens (including phenoxy) is 1. The molecule has 0 aliphatic rings. The van der Waals surface area contributed by atoms with E-state index < -0.39 is 5.60 Å². The lowest BCUT2D eigenvalue weighted by atomic mass is 10.1. The molecule has 0 fully saturated rings. The van der Waals surface area contributed by atoms with Crippen molar-refractivity contribution >= 4 is 0 Å². The van der Waals surface area contributed by atoms with E-state index in [-0.39, 0.29) is 0 Å². The standard InChI is InChI=1S/C7H12N2O3/c1-7(2,12-8)5-4-6(10-3)9-11-5/h4H,8H2,1-3H3. The van der Waals surface area contributed by atoms with E-state index in [1.165, 1.54) is 7.11 Å². The van der Waals surface area contributed by atoms with Crippen LogP contribution in [0.15, 0.2) is 10.6 Å². The number of nitrogens with two attached hydrogens (primary N) is 1. The molecule has 68 valence electrons. The minimum absolute atomic E-state index is 0.412. The summed E-state index contributed by atoms with van der Waals surface area (Å²) in [5.41, 5.74) is -0.677. The first-order chi connectivity index (χ1) is 5.60. The van der Waals surface area contributed by atoms with Crippen molar-refractivity contribution in [1.29, 1.82) is 0 Å². The molecule has 0 saturated carbocycles. The van der Waals surface area contributed by atoms with Crippen molar-refractivity contribution in [3.63, 3.8) is 0 Å². The zero-order valence-corrected chi connectivity index (χ0v) is 7.33. The van der Waals surface area contributed by atoms with E-state index >= 15 is 0 Å². The first kappa shape index (κ1) is 9.02. The van der Waals surface area contributed by atoms with Gasteiger partial charge in [-0.1, -0.05) is 0 Å². The van der Waals surface area contributed by atoms with Gasteiger partial charge < -0.3 is 9.26 Å². The topological polar surface area (TPSA) is 70.5 Å². The van der Waals surface area contributed by atoms with Crippen LogP contribution in [0.3, 0.4) is 0 Å². The van der Waals surface area contributed by atoms with Crippen LogP contribution in [0, 0.1) is 0 Å². The molecule has 0 amide bonds. The van der Waals surface area contributed by atoms with Crippen molar-refractivity contribution in [3.05, 3.63) is 11.8 Å². The predicted molar refractivity (Wildman–Crippen MR) is 41.4 cm³/mol. The summed E-state index contributed by atoms with van der Waals surface area (Å²) in [4.78, 5) is 4.69. The molecule has 0 aliphatic carbocycles. The maximum atomic E-state index is 5.06. The van der Waals surface area contributed by atoms with Crippen molar-refractivity contribution in [3.8, 4) is 5.88 Å². The van der Waals surface area contributed by atoms with Crippen molar-refractivity contribution in [2.24, 2.45) is 5.90 Å². The van der Waals surface area contributed by atoms with E-state index in [9.17, 15) is 0 Å². The first-order valence-corrected chi connectivity index (χ1v) is 3.49. The Hall–Kier alpha value is -1.07. The fraction of sp³-hybridized carbons (Fsp3) is 0.571. The molecule has 0 aliphatic heterocycles. The number of hydrogen-bond donors (Lipinski definition) is 1. The van der Waals surface area contributed by atoms with Crippen molar-refractivity contribution < 1.29 is 14.1 Å². The molecule has 0 aromatic carbocycles. The molecule has 1 aromatic heterocycles. The highest BCUT2D eigenvalue weighted by atomic mass is 16.6. The summed E-state index contributed by atoms with van der Waals surface area (Å²) < 4.78 is 9.76. The zero-order valence-electron chi connectivity index (χ0n) is 7.33. The molecule has 12 heavy (non-hydrogen) atoms. The highest BCUT2D eigenvalue weighted by molar-refractivity contribution is 5.15. The number of hydrogen-bond acceptors (Lipinski definition) is 5. The van der Waals surface area contributed by atoms with Gasteiger partial charge in [0.25, 0.3) is 5.88 Å². The lowest BCUT2D eigenvalue weighted by Crippen LogP contribution is -2.24. The van der Waals surface area contributed by atoms with Crippen LogP contribution in [0.25, 0.3) is 0 Å². The van der Waals surface area contributed by atoms with Crippen molar-refractivity contribution in [2.45, 2.75) is 19.4 Å². The molecule has 0 atom stereocenters. The summed E-state index contributed by atoms with van der Waals surface area (Å²) in [5.74, 6) is 6.00. The Balaban J connectivity index is 2.88. The lowest BCUT2D eigenvalue weighted by molar-refractivity contribution is -0.0421. The average molecular weight is 172 g/mol. The van der Waals surface area contributed by atoms with Gasteiger partial charge in [-0.05, 0) is 19.0 Å². The third kappa shape index (κ3) is 1.57. The SMILES string of the molecule is COc1cc(C(C)(C)ON)on1. The van der Waals surface area contributed by atoms with Gasteiger partial charge in [0.15, 0.2) is 5.76 Å². The first-order valence-electron chi connectivity index (χ1n) is 3.49. The van der Waals surface area contributed by atoms with Crippen LogP contribution in [0.5, 0.6) is 5.88 Å². The summed E-state index contributed by atoms with van der Waals surface area (Å²) in [6, 6.07) is 1.63. The second-order valence-corrected chi connectivity index (χ2v) is 2.86. The van der Waals surface area contributed by atoms with Crippen LogP contribution in [-0.2, 0) is 10.4 Å². The Kier molecular flexibility index (Phi) is 2.35. The maximum Gasteiger partial charge on any atom is 0.254 e. The van der Waals surface area contributed by atoms with Gasteiger partial charge >= 0.3 is 0 Å². The molecule has 1 aromatic rings. The molecule has 5 heteroatoms. The molecular weight excluding hydrogens is 160 g/mol. The third-order valence-corrected chi connectivity index (χ3v) is 1.59. The van der Waals surface area contributed by atoms with E-state index in [4.69, 9.17) is 20.0 Å². The Morgan fingerprint density at radius 3 is 2.67 bits per heavy atom. The fourth-order valence-corrected chi connectivity index (χ4v) is 0.697. The van der Waals surface area contributed by atoms with Gasteiger partial charge in [0.2, 0.25) is 0 Å². The number of nitrogens with zero attached hydrogens (tertiary/aromatic N) is 1. The van der Waals surface area contributed by atoms with Crippen LogP contribution in [-0.4, -0.2) is 12.3 Å². The van der Waals surface area contributed by atoms with E-state index in [1.54, 1.807) is 19.9 Å². The number of rotatable bonds is 3. The summed E-state index contributed by atoms with van der Waals surface area (Å²) in [6.07, 6.45) is 0. The molecule has 0 saturated heterocycles. The molecule has 1 heterocycles. The molecule has 0 spiro atoms. The van der Waals surface area contributed by atoms with Gasteiger partial charge in [0.1, 0.15) is 5.60 Å². The smallest absolute Gasteiger partial charge is 0.254 e. The molecule has 0 unspecified atom stereocenters. The lowest BCUT2D eigenvalue weighted by Gasteiger charge is -2.16. The Labute approximate surface area is 70.4 Å². The van der Waals surface area contributed by atoms with Crippen LogP contribution < -0.4 is 10.6 Å². The van der Waals surface area contributed by atoms with E-state index in [0.717, 1.165) is 0 Å². The number of aromatic nitrogens is 1. The average Bonchev–Trinajstić information content (AvgIpc) is 2.52. The van der Waals surface area contributed by atoms with Crippen LogP contribution in [0.1, 0.15) is 19.6 Å². The van der Waals surface area contributed by atoms with Crippen LogP contribution >= 0.6 is 0 Å². The second-order valence-electron chi connectivity index (χ2n) is 2.86. The Bertz CT molecular complexity index is 257. The maximum absolute atomic E-state index is 5.06. The summed E-state index contributed by atoms with van der Waals surface area (Å²) in [7, 11) is 1.51. The largest absolute Gasteiger partial charge is 0.479 e. The van der Waals surface area contributed by atoms with Crippen molar-refractivity contribution in [2.75, 3.05) is 7.11 Å². The molecular formula is C7H12N2O3. The van der Waals surface area contributed by atoms with E-state index in [2.05, 4.69) is 5.16 Å². The predicted octanol–water partition coefficient (Wildman–Crippen LogP) is 0.809. The third-order valence-electron chi connectivity index (χ3n) is 1.59. The van der Waals surface area contributed by atoms with Gasteiger partial charge in [0, 0.05) is 6.07 Å². The summed E-state index contributed by atoms with van der Waals surface area (Å²) in [6.45, 7) is 3.54. The molecule has 0 radical (unpaired) electrons. The summed E-state index contributed by atoms with van der Waals surface area (Å²) >= 11 is 0. The zero-order chi connectivity index (χ0) is 9.19. The highest BCUT2D eigenvalue weighted by Gasteiger charge is 2.26. The van der Waals surface area contributed by atoms with Gasteiger partial charge in [-0.25, -0.2) is 5.90 Å². The Morgan fingerprint density at radius 2 is 2.25 bits per heavy atom. The molecule has 1 rings (SSSR count).